The molecule has 0 bridgehead atoms. The highest BCUT2D eigenvalue weighted by Gasteiger charge is 2.21. The number of aryl methyl sites for hydroxylation is 1. The summed E-state index contributed by atoms with van der Waals surface area (Å²) in [7, 11) is -2.20. The van der Waals surface area contributed by atoms with Crippen LogP contribution in [0.5, 0.6) is 0 Å². The number of halogens is 1. The number of rotatable bonds is 6. The fourth-order valence-electron chi connectivity index (χ4n) is 2.81. The molecule has 0 spiro atoms. The quantitative estimate of drug-likeness (QED) is 0.279. The summed E-state index contributed by atoms with van der Waals surface area (Å²) >= 11 is 2.22. The molecule has 1 amide bonds. The highest BCUT2D eigenvalue weighted by Crippen LogP contribution is 2.22. The molecule has 160 valence electrons. The van der Waals surface area contributed by atoms with E-state index in [2.05, 4.69) is 33.1 Å². The molecule has 0 heterocycles. The van der Waals surface area contributed by atoms with Crippen LogP contribution in [-0.4, -0.2) is 27.1 Å². The minimum absolute atomic E-state index is 0.211. The van der Waals surface area contributed by atoms with Crippen LogP contribution in [0.1, 0.15) is 28.4 Å². The molecule has 8 heteroatoms. The van der Waals surface area contributed by atoms with Gasteiger partial charge in [-0.3, -0.25) is 9.10 Å². The number of nitrogens with zero attached hydrogens (tertiary/aromatic N) is 2. The summed E-state index contributed by atoms with van der Waals surface area (Å²) < 4.78 is 27.9. The molecule has 0 aliphatic rings. The van der Waals surface area contributed by atoms with Gasteiger partial charge in [0.2, 0.25) is 0 Å². The van der Waals surface area contributed by atoms with Crippen LogP contribution in [0, 0.1) is 10.5 Å². The Labute approximate surface area is 196 Å². The monoisotopic (exact) mass is 547 g/mol. The first-order valence-corrected chi connectivity index (χ1v) is 12.0. The Morgan fingerprint density at radius 1 is 0.968 bits per heavy atom. The number of hydrazone groups is 1. The molecule has 0 aliphatic carbocycles. The van der Waals surface area contributed by atoms with Crippen molar-refractivity contribution >= 4 is 49.9 Å². The zero-order valence-corrected chi connectivity index (χ0v) is 20.3. The molecule has 0 saturated carbocycles. The van der Waals surface area contributed by atoms with Gasteiger partial charge >= 0.3 is 0 Å². The topological polar surface area (TPSA) is 78.8 Å². The van der Waals surface area contributed by atoms with E-state index in [1.165, 1.54) is 11.4 Å². The molecule has 6 nitrogen and oxygen atoms in total. The molecule has 31 heavy (non-hydrogen) atoms. The van der Waals surface area contributed by atoms with E-state index >= 15 is 0 Å². The predicted molar refractivity (Wildman–Crippen MR) is 132 cm³/mol. The SMILES string of the molecule is C/C(=N/NC(=O)c1ccc(N(C)S(=O)(=O)c2ccc(C)cc2)cc1)c1cccc(I)c1. The van der Waals surface area contributed by atoms with Crippen LogP contribution in [0.3, 0.4) is 0 Å². The van der Waals surface area contributed by atoms with E-state index in [0.29, 0.717) is 17.0 Å². The van der Waals surface area contributed by atoms with Crippen LogP contribution in [0.15, 0.2) is 82.8 Å². The molecule has 0 unspecified atom stereocenters. The molecule has 1 N–H and O–H groups in total. The van der Waals surface area contributed by atoms with Crippen molar-refractivity contribution in [3.63, 3.8) is 0 Å². The highest BCUT2D eigenvalue weighted by atomic mass is 127. The van der Waals surface area contributed by atoms with E-state index in [-0.39, 0.29) is 10.8 Å². The molecule has 0 fully saturated rings. The lowest BCUT2D eigenvalue weighted by Crippen LogP contribution is -2.26. The summed E-state index contributed by atoms with van der Waals surface area (Å²) in [5.41, 5.74) is 5.97. The molecule has 0 aliphatic heterocycles. The van der Waals surface area contributed by atoms with Crippen molar-refractivity contribution in [1.82, 2.24) is 5.43 Å². The fraction of sp³-hybridized carbons (Fsp3) is 0.130. The molecular weight excluding hydrogens is 525 g/mol. The number of hydrogen-bond donors (Lipinski definition) is 1. The van der Waals surface area contributed by atoms with Gasteiger partial charge in [0.15, 0.2) is 0 Å². The number of hydrogen-bond acceptors (Lipinski definition) is 4. The van der Waals surface area contributed by atoms with Crippen molar-refractivity contribution in [1.29, 1.82) is 0 Å². The normalized spacial score (nSPS) is 11.8. The Balaban J connectivity index is 1.72. The largest absolute Gasteiger partial charge is 0.271 e. The number of carbonyl (C=O) groups excluding carboxylic acids is 1. The number of benzene rings is 3. The Bertz CT molecular complexity index is 1220. The average Bonchev–Trinajstić information content (AvgIpc) is 2.77. The Kier molecular flexibility index (Phi) is 7.11. The van der Waals surface area contributed by atoms with E-state index < -0.39 is 10.0 Å². The van der Waals surface area contributed by atoms with Gasteiger partial charge in [0.25, 0.3) is 15.9 Å². The summed E-state index contributed by atoms with van der Waals surface area (Å²) in [4.78, 5) is 12.6. The third kappa shape index (κ3) is 5.50. The minimum Gasteiger partial charge on any atom is -0.269 e. The third-order valence-electron chi connectivity index (χ3n) is 4.74. The van der Waals surface area contributed by atoms with Crippen molar-refractivity contribution in [3.8, 4) is 0 Å². The fourth-order valence-corrected chi connectivity index (χ4v) is 4.55. The maximum absolute atomic E-state index is 12.8. The number of carbonyl (C=O) groups is 1. The highest BCUT2D eigenvalue weighted by molar-refractivity contribution is 14.1. The number of sulfonamides is 1. The second-order valence-corrected chi connectivity index (χ2v) is 10.2. The van der Waals surface area contributed by atoms with E-state index in [1.807, 2.05) is 38.1 Å². The average molecular weight is 547 g/mol. The van der Waals surface area contributed by atoms with E-state index in [9.17, 15) is 13.2 Å². The predicted octanol–water partition coefficient (Wildman–Crippen LogP) is 4.58. The summed E-state index contributed by atoms with van der Waals surface area (Å²) in [6, 6.07) is 20.8. The first-order valence-electron chi connectivity index (χ1n) is 9.45. The minimum atomic E-state index is -3.69. The van der Waals surface area contributed by atoms with Gasteiger partial charge in [0.1, 0.15) is 0 Å². The van der Waals surface area contributed by atoms with Gasteiger partial charge in [-0.05, 0) is 90.5 Å². The molecule has 0 radical (unpaired) electrons. The molecule has 0 atom stereocenters. The molecule has 3 aromatic carbocycles. The van der Waals surface area contributed by atoms with E-state index in [0.717, 1.165) is 14.7 Å². The van der Waals surface area contributed by atoms with Crippen LogP contribution < -0.4 is 9.73 Å². The van der Waals surface area contributed by atoms with Crippen LogP contribution in [0.4, 0.5) is 5.69 Å². The second-order valence-electron chi connectivity index (χ2n) is 6.98. The first kappa shape index (κ1) is 23.0. The Morgan fingerprint density at radius 3 is 2.23 bits per heavy atom. The summed E-state index contributed by atoms with van der Waals surface area (Å²) in [6.07, 6.45) is 0. The maximum atomic E-state index is 12.8. The second kappa shape index (κ2) is 9.61. The summed E-state index contributed by atoms with van der Waals surface area (Å²) in [6.45, 7) is 3.72. The van der Waals surface area contributed by atoms with Crippen LogP contribution in [0.2, 0.25) is 0 Å². The van der Waals surface area contributed by atoms with E-state index in [1.54, 1.807) is 48.5 Å². The zero-order valence-electron chi connectivity index (χ0n) is 17.3. The van der Waals surface area contributed by atoms with Gasteiger partial charge < -0.3 is 0 Å². The van der Waals surface area contributed by atoms with Crippen molar-refractivity contribution in [2.45, 2.75) is 18.7 Å². The van der Waals surface area contributed by atoms with Crippen molar-refractivity contribution in [3.05, 3.63) is 93.1 Å². The molecule has 3 rings (SSSR count). The zero-order chi connectivity index (χ0) is 22.6. The summed E-state index contributed by atoms with van der Waals surface area (Å²) in [5, 5.41) is 4.16. The number of anilines is 1. The van der Waals surface area contributed by atoms with Crippen LogP contribution in [-0.2, 0) is 10.0 Å². The van der Waals surface area contributed by atoms with Gasteiger partial charge in [-0.25, -0.2) is 13.8 Å². The smallest absolute Gasteiger partial charge is 0.269 e. The van der Waals surface area contributed by atoms with Gasteiger partial charge in [0.05, 0.1) is 16.3 Å². The molecular formula is C23H22IN3O3S. The maximum Gasteiger partial charge on any atom is 0.271 e. The van der Waals surface area contributed by atoms with Crippen molar-refractivity contribution in [2.24, 2.45) is 5.10 Å². The van der Waals surface area contributed by atoms with Crippen LogP contribution in [0.25, 0.3) is 0 Å². The molecule has 3 aromatic rings. The number of nitrogens with one attached hydrogen (secondary N) is 1. The Hall–Kier alpha value is -2.72. The van der Waals surface area contributed by atoms with Gasteiger partial charge in [-0.15, -0.1) is 0 Å². The first-order chi connectivity index (χ1) is 14.7. The van der Waals surface area contributed by atoms with Gasteiger partial charge in [-0.2, -0.15) is 5.10 Å². The van der Waals surface area contributed by atoms with Crippen molar-refractivity contribution < 1.29 is 13.2 Å². The Morgan fingerprint density at radius 2 is 1.61 bits per heavy atom. The number of amides is 1. The van der Waals surface area contributed by atoms with Crippen LogP contribution >= 0.6 is 22.6 Å². The van der Waals surface area contributed by atoms with Gasteiger partial charge in [0, 0.05) is 16.2 Å². The van der Waals surface area contributed by atoms with Crippen molar-refractivity contribution in [2.75, 3.05) is 11.4 Å². The molecule has 0 aromatic heterocycles. The van der Waals surface area contributed by atoms with E-state index in [4.69, 9.17) is 0 Å². The third-order valence-corrected chi connectivity index (χ3v) is 7.21. The summed E-state index contributed by atoms with van der Waals surface area (Å²) in [5.74, 6) is -0.374. The van der Waals surface area contributed by atoms with Gasteiger partial charge in [-0.1, -0.05) is 29.8 Å². The molecule has 0 saturated heterocycles. The standard InChI is InChI=1S/C23H22IN3O3S/c1-16-7-13-22(14-8-16)31(29,30)27(3)21-11-9-18(10-12-21)23(28)26-25-17(2)19-5-4-6-20(24)15-19/h4-15H,1-3H3,(H,26,28)/b25-17-. The lowest BCUT2D eigenvalue weighted by molar-refractivity contribution is 0.0955. The lowest BCUT2D eigenvalue weighted by Gasteiger charge is -2.19. The lowest BCUT2D eigenvalue weighted by atomic mass is 10.1.